The molecule has 4 rings (SSSR count). The van der Waals surface area contributed by atoms with Crippen molar-refractivity contribution in [3.05, 3.63) is 65.5 Å². The Morgan fingerprint density at radius 3 is 2.27 bits per heavy atom. The van der Waals surface area contributed by atoms with Crippen LogP contribution < -0.4 is 4.90 Å². The van der Waals surface area contributed by atoms with Crippen LogP contribution in [-0.2, 0) is 0 Å². The van der Waals surface area contributed by atoms with Crippen LogP contribution in [0.15, 0.2) is 65.0 Å². The minimum atomic E-state index is 0.0615. The lowest BCUT2D eigenvalue weighted by Crippen LogP contribution is -2.50. The second-order valence-electron chi connectivity index (χ2n) is 6.39. The number of halogens is 1. The van der Waals surface area contributed by atoms with Crippen molar-refractivity contribution < 1.29 is 0 Å². The zero-order valence-corrected chi connectivity index (χ0v) is 15.4. The molecule has 0 radical (unpaired) electrons. The first-order valence-corrected chi connectivity index (χ1v) is 9.11. The van der Waals surface area contributed by atoms with Crippen LogP contribution in [0.3, 0.4) is 0 Å². The van der Waals surface area contributed by atoms with E-state index in [1.807, 2.05) is 36.3 Å². The molecule has 134 valence electrons. The summed E-state index contributed by atoms with van der Waals surface area (Å²) in [5, 5.41) is 7.45. The average molecular weight is 369 g/mol. The molecular formula is C19H21ClN6. The smallest absolute Gasteiger partial charge is 0.225 e. The van der Waals surface area contributed by atoms with Gasteiger partial charge in [-0.25, -0.2) is 9.97 Å². The molecule has 1 aromatic carbocycles. The van der Waals surface area contributed by atoms with Gasteiger partial charge in [-0.05, 0) is 17.7 Å². The number of aromatic nitrogens is 2. The Labute approximate surface area is 158 Å². The number of likely N-dealkylation sites (N-methyl/N-ethyl adjacent to an activating group) is 1. The van der Waals surface area contributed by atoms with Gasteiger partial charge in [0.15, 0.2) is 5.84 Å². The summed E-state index contributed by atoms with van der Waals surface area (Å²) in [4.78, 5) is 13.1. The number of benzene rings is 1. The van der Waals surface area contributed by atoms with E-state index in [-0.39, 0.29) is 6.04 Å². The van der Waals surface area contributed by atoms with Gasteiger partial charge >= 0.3 is 0 Å². The molecule has 1 fully saturated rings. The minimum Gasteiger partial charge on any atom is -0.350 e. The van der Waals surface area contributed by atoms with Crippen molar-refractivity contribution in [1.82, 2.24) is 19.9 Å². The summed E-state index contributed by atoms with van der Waals surface area (Å²) in [7, 11) is 1.99. The summed E-state index contributed by atoms with van der Waals surface area (Å²) in [6.07, 6.45) is 5.63. The molecule has 26 heavy (non-hydrogen) atoms. The standard InChI is InChI=1S/C19H21ClN6/c1-24-17(15-6-3-2-4-7-15)14-16(20)18(23-24)25-10-12-26(13-11-25)19-21-8-5-9-22-19/h2-9,14,17H,10-13H2,1H3. The Morgan fingerprint density at radius 1 is 0.923 bits per heavy atom. The SMILES string of the molecule is CN1N=C(N2CCN(c3ncccn3)CC2)C(Cl)=CC1c1ccccc1. The van der Waals surface area contributed by atoms with Gasteiger partial charge in [0.2, 0.25) is 5.95 Å². The van der Waals surface area contributed by atoms with Gasteiger partial charge in [0.25, 0.3) is 0 Å². The summed E-state index contributed by atoms with van der Waals surface area (Å²) < 4.78 is 0. The van der Waals surface area contributed by atoms with Gasteiger partial charge in [0.05, 0.1) is 11.1 Å². The number of anilines is 1. The number of piperazine rings is 1. The lowest BCUT2D eigenvalue weighted by atomic mass is 10.1. The molecule has 1 atom stereocenters. The topological polar surface area (TPSA) is 47.9 Å². The van der Waals surface area contributed by atoms with Gasteiger partial charge in [-0.3, -0.25) is 5.01 Å². The van der Waals surface area contributed by atoms with E-state index >= 15 is 0 Å². The van der Waals surface area contributed by atoms with Gasteiger partial charge in [-0.1, -0.05) is 41.9 Å². The molecule has 3 heterocycles. The molecule has 0 spiro atoms. The first-order chi connectivity index (χ1) is 12.7. The van der Waals surface area contributed by atoms with Gasteiger partial charge < -0.3 is 9.80 Å². The second kappa shape index (κ2) is 7.33. The lowest BCUT2D eigenvalue weighted by Gasteiger charge is -2.38. The first kappa shape index (κ1) is 16.8. The third-order valence-electron chi connectivity index (χ3n) is 4.73. The monoisotopic (exact) mass is 368 g/mol. The Morgan fingerprint density at radius 2 is 1.58 bits per heavy atom. The highest BCUT2D eigenvalue weighted by molar-refractivity contribution is 6.43. The normalized spacial score (nSPS) is 20.7. The van der Waals surface area contributed by atoms with Gasteiger partial charge in [0, 0.05) is 45.6 Å². The fourth-order valence-corrected chi connectivity index (χ4v) is 3.61. The van der Waals surface area contributed by atoms with E-state index in [1.165, 1.54) is 5.56 Å². The largest absolute Gasteiger partial charge is 0.350 e. The van der Waals surface area contributed by atoms with E-state index in [2.05, 4.69) is 38.0 Å². The molecule has 0 amide bonds. The van der Waals surface area contributed by atoms with E-state index in [1.54, 1.807) is 12.4 Å². The number of nitrogens with zero attached hydrogens (tertiary/aromatic N) is 6. The maximum atomic E-state index is 6.60. The first-order valence-electron chi connectivity index (χ1n) is 8.73. The maximum Gasteiger partial charge on any atom is 0.225 e. The van der Waals surface area contributed by atoms with Crippen molar-refractivity contribution in [3.63, 3.8) is 0 Å². The predicted molar refractivity (Wildman–Crippen MR) is 104 cm³/mol. The van der Waals surface area contributed by atoms with Crippen LogP contribution in [0.25, 0.3) is 0 Å². The number of rotatable bonds is 2. The summed E-state index contributed by atoms with van der Waals surface area (Å²) in [5.74, 6) is 1.62. The molecule has 7 heteroatoms. The van der Waals surface area contributed by atoms with Gasteiger partial charge in [-0.2, -0.15) is 5.10 Å². The third-order valence-corrected chi connectivity index (χ3v) is 5.02. The zero-order chi connectivity index (χ0) is 17.9. The Balaban J connectivity index is 1.45. The van der Waals surface area contributed by atoms with E-state index in [9.17, 15) is 0 Å². The highest BCUT2D eigenvalue weighted by Crippen LogP contribution is 2.29. The van der Waals surface area contributed by atoms with Crippen LogP contribution in [-0.4, -0.2) is 58.9 Å². The highest BCUT2D eigenvalue weighted by Gasteiger charge is 2.28. The average Bonchev–Trinajstić information content (AvgIpc) is 2.71. The lowest BCUT2D eigenvalue weighted by molar-refractivity contribution is 0.281. The van der Waals surface area contributed by atoms with Crippen LogP contribution >= 0.6 is 11.6 Å². The second-order valence-corrected chi connectivity index (χ2v) is 6.80. The summed E-state index contributed by atoms with van der Waals surface area (Å²) in [6.45, 7) is 3.37. The maximum absolute atomic E-state index is 6.60. The van der Waals surface area contributed by atoms with E-state index < -0.39 is 0 Å². The molecule has 0 saturated carbocycles. The van der Waals surface area contributed by atoms with Crippen LogP contribution in [0.2, 0.25) is 0 Å². The quantitative estimate of drug-likeness (QED) is 0.815. The van der Waals surface area contributed by atoms with Crippen molar-refractivity contribution >= 4 is 23.4 Å². The Hall–Kier alpha value is -2.60. The van der Waals surface area contributed by atoms with Crippen molar-refractivity contribution in [2.24, 2.45) is 5.10 Å². The molecule has 0 bridgehead atoms. The zero-order valence-electron chi connectivity index (χ0n) is 14.7. The van der Waals surface area contributed by atoms with E-state index in [0.717, 1.165) is 38.0 Å². The molecule has 2 aliphatic rings. The fraction of sp³-hybridized carbons (Fsp3) is 0.316. The minimum absolute atomic E-state index is 0.0615. The number of hydrogen-bond acceptors (Lipinski definition) is 6. The molecule has 1 saturated heterocycles. The van der Waals surface area contributed by atoms with E-state index in [4.69, 9.17) is 16.7 Å². The molecular weight excluding hydrogens is 348 g/mol. The Bertz CT molecular complexity index is 799. The van der Waals surface area contributed by atoms with Crippen molar-refractivity contribution in [3.8, 4) is 0 Å². The molecule has 6 nitrogen and oxygen atoms in total. The molecule has 1 aromatic heterocycles. The predicted octanol–water partition coefficient (Wildman–Crippen LogP) is 2.72. The number of hydrogen-bond donors (Lipinski definition) is 0. The van der Waals surface area contributed by atoms with Gasteiger partial charge in [-0.15, -0.1) is 0 Å². The Kier molecular flexibility index (Phi) is 4.75. The molecule has 0 N–H and O–H groups in total. The summed E-state index contributed by atoms with van der Waals surface area (Å²) in [5.41, 5.74) is 1.18. The molecule has 2 aromatic rings. The van der Waals surface area contributed by atoms with Crippen molar-refractivity contribution in [1.29, 1.82) is 0 Å². The van der Waals surface area contributed by atoms with Gasteiger partial charge in [0.1, 0.15) is 0 Å². The van der Waals surface area contributed by atoms with Crippen molar-refractivity contribution in [2.75, 3.05) is 38.1 Å². The van der Waals surface area contributed by atoms with Crippen LogP contribution in [0.1, 0.15) is 11.6 Å². The molecule has 2 aliphatic heterocycles. The highest BCUT2D eigenvalue weighted by atomic mass is 35.5. The van der Waals surface area contributed by atoms with E-state index in [0.29, 0.717) is 5.03 Å². The third kappa shape index (κ3) is 3.37. The van der Waals surface area contributed by atoms with Crippen LogP contribution in [0.4, 0.5) is 5.95 Å². The van der Waals surface area contributed by atoms with Crippen LogP contribution in [0, 0.1) is 0 Å². The summed E-state index contributed by atoms with van der Waals surface area (Å²) >= 11 is 6.60. The van der Waals surface area contributed by atoms with Crippen molar-refractivity contribution in [2.45, 2.75) is 6.04 Å². The molecule has 0 aliphatic carbocycles. The summed E-state index contributed by atoms with van der Waals surface area (Å²) in [6, 6.07) is 12.2. The molecule has 1 unspecified atom stereocenters. The fourth-order valence-electron chi connectivity index (χ4n) is 3.33. The number of amidine groups is 1. The van der Waals surface area contributed by atoms with Crippen LogP contribution in [0.5, 0.6) is 0 Å². The number of hydrazone groups is 1.